The lowest BCUT2D eigenvalue weighted by atomic mass is 10.2. The summed E-state index contributed by atoms with van der Waals surface area (Å²) >= 11 is 0. The number of ether oxygens (including phenoxy) is 1. The number of amides is 1. The highest BCUT2D eigenvalue weighted by atomic mass is 32.2. The van der Waals surface area contributed by atoms with Crippen LogP contribution >= 0.6 is 0 Å². The molecule has 116 valence electrons. The quantitative estimate of drug-likeness (QED) is 0.832. The van der Waals surface area contributed by atoms with E-state index in [4.69, 9.17) is 10.5 Å². The summed E-state index contributed by atoms with van der Waals surface area (Å²) in [5.74, 6) is 0.192. The van der Waals surface area contributed by atoms with Crippen molar-refractivity contribution in [3.05, 3.63) is 29.8 Å². The van der Waals surface area contributed by atoms with Crippen molar-refractivity contribution in [1.82, 2.24) is 0 Å². The number of benzene rings is 1. The van der Waals surface area contributed by atoms with Gasteiger partial charge in [-0.1, -0.05) is 12.1 Å². The van der Waals surface area contributed by atoms with Gasteiger partial charge in [0.05, 0.1) is 11.9 Å². The zero-order chi connectivity index (χ0) is 15.2. The van der Waals surface area contributed by atoms with E-state index in [9.17, 15) is 9.00 Å². The number of anilines is 1. The van der Waals surface area contributed by atoms with E-state index >= 15 is 0 Å². The summed E-state index contributed by atoms with van der Waals surface area (Å²) in [5, 5.41) is 2.23. The monoisotopic (exact) mass is 310 g/mol. The highest BCUT2D eigenvalue weighted by Gasteiger charge is 2.25. The standard InChI is InChI=1S/C15H22N2O3S/c1-11(21(19)10-14-6-3-7-20-14)15(18)17-13-5-2-4-12(8-13)9-16/h2,4-5,8,11,14H,3,6-7,9-10,16H2,1H3,(H,17,18). The molecule has 3 atom stereocenters. The normalized spacial score (nSPS) is 21.0. The van der Waals surface area contributed by atoms with Crippen LogP contribution in [-0.2, 0) is 26.9 Å². The van der Waals surface area contributed by atoms with E-state index in [0.29, 0.717) is 18.0 Å². The molecule has 0 bridgehead atoms. The van der Waals surface area contributed by atoms with Crippen molar-refractivity contribution in [1.29, 1.82) is 0 Å². The fraction of sp³-hybridized carbons (Fsp3) is 0.533. The molecule has 0 spiro atoms. The van der Waals surface area contributed by atoms with Gasteiger partial charge in [0.25, 0.3) is 0 Å². The molecule has 1 heterocycles. The molecule has 1 amide bonds. The molecular formula is C15H22N2O3S. The van der Waals surface area contributed by atoms with Gasteiger partial charge in [-0.3, -0.25) is 9.00 Å². The van der Waals surface area contributed by atoms with E-state index in [-0.39, 0.29) is 12.0 Å². The largest absolute Gasteiger partial charge is 0.377 e. The van der Waals surface area contributed by atoms with Crippen molar-refractivity contribution in [3.8, 4) is 0 Å². The summed E-state index contributed by atoms with van der Waals surface area (Å²) in [6, 6.07) is 7.36. The minimum Gasteiger partial charge on any atom is -0.377 e. The summed E-state index contributed by atoms with van der Waals surface area (Å²) in [6.07, 6.45) is 1.97. The lowest BCUT2D eigenvalue weighted by Crippen LogP contribution is -2.33. The minimum absolute atomic E-state index is 0.0293. The second-order valence-corrected chi connectivity index (χ2v) is 7.02. The summed E-state index contributed by atoms with van der Waals surface area (Å²) in [4.78, 5) is 12.2. The molecule has 0 aliphatic carbocycles. The third kappa shape index (κ3) is 4.62. The molecule has 1 saturated heterocycles. The molecule has 21 heavy (non-hydrogen) atoms. The van der Waals surface area contributed by atoms with Crippen molar-refractivity contribution in [2.75, 3.05) is 17.7 Å². The third-order valence-electron chi connectivity index (χ3n) is 3.57. The predicted molar refractivity (Wildman–Crippen MR) is 84.4 cm³/mol. The topological polar surface area (TPSA) is 81.4 Å². The number of rotatable bonds is 6. The lowest BCUT2D eigenvalue weighted by Gasteiger charge is -2.15. The number of carbonyl (C=O) groups excluding carboxylic acids is 1. The van der Waals surface area contributed by atoms with E-state index < -0.39 is 16.0 Å². The van der Waals surface area contributed by atoms with Gasteiger partial charge in [-0.2, -0.15) is 0 Å². The Morgan fingerprint density at radius 1 is 1.57 bits per heavy atom. The van der Waals surface area contributed by atoms with Crippen LogP contribution in [0.15, 0.2) is 24.3 Å². The second kappa shape index (κ2) is 7.68. The van der Waals surface area contributed by atoms with Gasteiger partial charge in [0.15, 0.2) is 0 Å². The zero-order valence-electron chi connectivity index (χ0n) is 12.2. The van der Waals surface area contributed by atoms with Gasteiger partial charge in [-0.25, -0.2) is 0 Å². The number of carbonyl (C=O) groups is 1. The maximum Gasteiger partial charge on any atom is 0.239 e. The van der Waals surface area contributed by atoms with E-state index in [1.54, 1.807) is 13.0 Å². The Kier molecular flexibility index (Phi) is 5.90. The third-order valence-corrected chi connectivity index (χ3v) is 5.27. The molecule has 6 heteroatoms. The van der Waals surface area contributed by atoms with Crippen LogP contribution in [0.1, 0.15) is 25.3 Å². The van der Waals surface area contributed by atoms with Gasteiger partial charge in [-0.05, 0) is 37.5 Å². The van der Waals surface area contributed by atoms with Crippen molar-refractivity contribution in [2.24, 2.45) is 5.73 Å². The molecule has 1 aliphatic rings. The van der Waals surface area contributed by atoms with Crippen LogP contribution in [0.3, 0.4) is 0 Å². The maximum absolute atomic E-state index is 12.2. The van der Waals surface area contributed by atoms with Gasteiger partial charge >= 0.3 is 0 Å². The van der Waals surface area contributed by atoms with Crippen LogP contribution in [0.4, 0.5) is 5.69 Å². The molecule has 1 aliphatic heterocycles. The molecule has 0 aromatic heterocycles. The van der Waals surface area contributed by atoms with Gasteiger partial charge in [-0.15, -0.1) is 0 Å². The smallest absolute Gasteiger partial charge is 0.239 e. The molecule has 1 fully saturated rings. The lowest BCUT2D eigenvalue weighted by molar-refractivity contribution is -0.115. The molecule has 1 aromatic carbocycles. The summed E-state index contributed by atoms with van der Waals surface area (Å²) in [7, 11) is -1.23. The number of nitrogens with one attached hydrogen (secondary N) is 1. The molecule has 3 unspecified atom stereocenters. The van der Waals surface area contributed by atoms with Crippen LogP contribution in [-0.4, -0.2) is 33.8 Å². The zero-order valence-corrected chi connectivity index (χ0v) is 13.0. The first-order chi connectivity index (χ1) is 10.1. The average molecular weight is 310 g/mol. The van der Waals surface area contributed by atoms with Crippen molar-refractivity contribution < 1.29 is 13.7 Å². The minimum atomic E-state index is -1.23. The van der Waals surface area contributed by atoms with E-state index in [1.807, 2.05) is 18.2 Å². The summed E-state index contributed by atoms with van der Waals surface area (Å²) in [6.45, 7) is 2.84. The molecule has 0 radical (unpaired) electrons. The Labute approximate surface area is 127 Å². The number of hydrogen-bond donors (Lipinski definition) is 2. The van der Waals surface area contributed by atoms with Crippen LogP contribution in [0.5, 0.6) is 0 Å². The number of hydrogen-bond acceptors (Lipinski definition) is 4. The Hall–Kier alpha value is -1.24. The Balaban J connectivity index is 1.90. The highest BCUT2D eigenvalue weighted by Crippen LogP contribution is 2.16. The van der Waals surface area contributed by atoms with Crippen LogP contribution in [0.25, 0.3) is 0 Å². The van der Waals surface area contributed by atoms with E-state index in [2.05, 4.69) is 5.32 Å². The first kappa shape index (κ1) is 16.1. The summed E-state index contributed by atoms with van der Waals surface area (Å²) < 4.78 is 17.7. The van der Waals surface area contributed by atoms with Gasteiger partial charge in [0.1, 0.15) is 5.25 Å². The fourth-order valence-corrected chi connectivity index (χ4v) is 3.46. The molecular weight excluding hydrogens is 288 g/mol. The first-order valence-corrected chi connectivity index (χ1v) is 8.57. The number of nitrogens with two attached hydrogens (primary N) is 1. The van der Waals surface area contributed by atoms with Crippen molar-refractivity contribution in [3.63, 3.8) is 0 Å². The van der Waals surface area contributed by atoms with Gasteiger partial charge in [0.2, 0.25) is 5.91 Å². The van der Waals surface area contributed by atoms with Crippen LogP contribution in [0.2, 0.25) is 0 Å². The van der Waals surface area contributed by atoms with Crippen molar-refractivity contribution in [2.45, 2.75) is 37.7 Å². The Bertz CT molecular complexity index is 515. The van der Waals surface area contributed by atoms with E-state index in [0.717, 1.165) is 25.0 Å². The van der Waals surface area contributed by atoms with Crippen LogP contribution < -0.4 is 11.1 Å². The van der Waals surface area contributed by atoms with E-state index in [1.165, 1.54) is 0 Å². The Morgan fingerprint density at radius 2 is 2.38 bits per heavy atom. The SMILES string of the molecule is CC(C(=O)Nc1cccc(CN)c1)S(=O)CC1CCCO1. The molecule has 2 rings (SSSR count). The van der Waals surface area contributed by atoms with Gasteiger partial charge in [0, 0.05) is 29.6 Å². The average Bonchev–Trinajstić information content (AvgIpc) is 2.99. The summed E-state index contributed by atoms with van der Waals surface area (Å²) in [5.41, 5.74) is 7.20. The maximum atomic E-state index is 12.2. The Morgan fingerprint density at radius 3 is 3.05 bits per heavy atom. The van der Waals surface area contributed by atoms with Gasteiger partial charge < -0.3 is 15.8 Å². The molecule has 3 N–H and O–H groups in total. The fourth-order valence-electron chi connectivity index (χ4n) is 2.24. The molecule has 5 nitrogen and oxygen atoms in total. The van der Waals surface area contributed by atoms with Crippen LogP contribution in [0, 0.1) is 0 Å². The highest BCUT2D eigenvalue weighted by molar-refractivity contribution is 7.86. The second-order valence-electron chi connectivity index (χ2n) is 5.22. The predicted octanol–water partition coefficient (Wildman–Crippen LogP) is 1.40. The van der Waals surface area contributed by atoms with Crippen molar-refractivity contribution >= 4 is 22.4 Å². The molecule has 1 aromatic rings. The first-order valence-electron chi connectivity index (χ1n) is 7.19. The molecule has 0 saturated carbocycles.